The normalized spacial score (nSPS) is 20.2. The van der Waals surface area contributed by atoms with E-state index in [1.54, 1.807) is 18.7 Å². The first-order chi connectivity index (χ1) is 11.8. The average molecular weight is 345 g/mol. The van der Waals surface area contributed by atoms with Gasteiger partial charge in [-0.3, -0.25) is 14.7 Å². The van der Waals surface area contributed by atoms with E-state index in [0.29, 0.717) is 30.0 Å². The minimum atomic E-state index is -0.587. The van der Waals surface area contributed by atoms with Gasteiger partial charge in [0.2, 0.25) is 5.91 Å². The number of carbonyl (C=O) groups is 1. The van der Waals surface area contributed by atoms with Crippen molar-refractivity contribution in [3.05, 3.63) is 44.9 Å². The first kappa shape index (κ1) is 17.3. The van der Waals surface area contributed by atoms with E-state index in [1.807, 2.05) is 13.0 Å². The predicted molar refractivity (Wildman–Crippen MR) is 91.1 cm³/mol. The zero-order valence-electron chi connectivity index (χ0n) is 14.7. The van der Waals surface area contributed by atoms with E-state index in [0.717, 1.165) is 11.4 Å². The molecule has 3 N–H and O–H groups in total. The number of carbonyl (C=O) groups excluding carboxylic acids is 1. The molecule has 0 bridgehead atoms. The predicted octanol–water partition coefficient (Wildman–Crippen LogP) is 0.0228. The van der Waals surface area contributed by atoms with Crippen molar-refractivity contribution >= 4 is 5.91 Å². The maximum atomic E-state index is 12.6. The molecule has 3 heterocycles. The zero-order chi connectivity index (χ0) is 18.1. The number of hydrogen-bond acceptors (Lipinski definition) is 5. The number of aliphatic hydroxyl groups is 1. The summed E-state index contributed by atoms with van der Waals surface area (Å²) in [4.78, 5) is 33.1. The molecule has 1 aliphatic heterocycles. The first-order valence-electron chi connectivity index (χ1n) is 8.36. The Hall–Kier alpha value is -2.48. The third-order valence-corrected chi connectivity index (χ3v) is 4.66. The number of β-amino-alcohol motifs (C(OH)–C–C–N with tert-alkyl or cyclic N) is 1. The minimum absolute atomic E-state index is 0.00456. The molecular weight excluding hydrogens is 322 g/mol. The van der Waals surface area contributed by atoms with Crippen LogP contribution in [0.5, 0.6) is 0 Å². The highest BCUT2D eigenvalue weighted by Crippen LogP contribution is 2.22. The van der Waals surface area contributed by atoms with Crippen molar-refractivity contribution in [3.63, 3.8) is 0 Å². The van der Waals surface area contributed by atoms with Gasteiger partial charge in [-0.2, -0.15) is 5.10 Å². The summed E-state index contributed by atoms with van der Waals surface area (Å²) in [6.07, 6.45) is 0.0209. The molecule has 8 nitrogen and oxygen atoms in total. The molecule has 3 rings (SSSR count). The highest BCUT2D eigenvalue weighted by Gasteiger charge is 2.34. The van der Waals surface area contributed by atoms with Crippen molar-refractivity contribution in [2.75, 3.05) is 13.1 Å². The van der Waals surface area contributed by atoms with Crippen LogP contribution < -0.4 is 5.56 Å². The standard InChI is InChI=1S/C17H23N5O3/c1-9-4-13(21-20-9)5-12-7-22(8-15(12)23)16(24)6-14-10(2)18-11(3)19-17(14)25/h4,12,15,23H,5-8H2,1-3H3,(H,20,21)(H,18,19,25)/t12-,15+/m1/s1. The van der Waals surface area contributed by atoms with Gasteiger partial charge in [0.15, 0.2) is 0 Å². The Balaban J connectivity index is 1.67. The maximum absolute atomic E-state index is 12.6. The molecule has 1 aliphatic rings. The topological polar surface area (TPSA) is 115 Å². The molecule has 0 spiro atoms. The maximum Gasteiger partial charge on any atom is 0.254 e. The van der Waals surface area contributed by atoms with Gasteiger partial charge in [0.05, 0.1) is 18.2 Å². The average Bonchev–Trinajstić information content (AvgIpc) is 3.09. The second-order valence-corrected chi connectivity index (χ2v) is 6.76. The molecule has 0 aromatic carbocycles. The van der Waals surface area contributed by atoms with Crippen molar-refractivity contribution in [3.8, 4) is 0 Å². The van der Waals surface area contributed by atoms with Gasteiger partial charge in [-0.1, -0.05) is 0 Å². The molecule has 2 atom stereocenters. The summed E-state index contributed by atoms with van der Waals surface area (Å²) in [5.41, 5.74) is 2.53. The smallest absolute Gasteiger partial charge is 0.254 e. The van der Waals surface area contributed by atoms with Crippen molar-refractivity contribution in [1.82, 2.24) is 25.1 Å². The summed E-state index contributed by atoms with van der Waals surface area (Å²) in [7, 11) is 0. The van der Waals surface area contributed by atoms with Crippen LogP contribution in [-0.4, -0.2) is 55.3 Å². The fourth-order valence-electron chi connectivity index (χ4n) is 3.33. The van der Waals surface area contributed by atoms with Crippen LogP contribution in [0.15, 0.2) is 10.9 Å². The summed E-state index contributed by atoms with van der Waals surface area (Å²) in [6.45, 7) is 6.10. The molecule has 134 valence electrons. The van der Waals surface area contributed by atoms with Crippen molar-refractivity contribution < 1.29 is 9.90 Å². The minimum Gasteiger partial charge on any atom is -0.391 e. The van der Waals surface area contributed by atoms with Gasteiger partial charge < -0.3 is 15.0 Å². The largest absolute Gasteiger partial charge is 0.391 e. The SMILES string of the molecule is Cc1cc(C[C@@H]2CN(C(=O)Cc3c(C)nc(C)[nH]c3=O)C[C@@H]2O)n[nH]1. The van der Waals surface area contributed by atoms with Gasteiger partial charge in [-0.25, -0.2) is 4.98 Å². The third-order valence-electron chi connectivity index (χ3n) is 4.66. The van der Waals surface area contributed by atoms with E-state index < -0.39 is 6.10 Å². The van der Waals surface area contributed by atoms with Gasteiger partial charge in [0.1, 0.15) is 5.82 Å². The van der Waals surface area contributed by atoms with Crippen LogP contribution in [0.25, 0.3) is 0 Å². The second kappa shape index (κ2) is 6.79. The van der Waals surface area contributed by atoms with Gasteiger partial charge in [-0.05, 0) is 33.3 Å². The van der Waals surface area contributed by atoms with Gasteiger partial charge >= 0.3 is 0 Å². The highest BCUT2D eigenvalue weighted by molar-refractivity contribution is 5.79. The first-order valence-corrected chi connectivity index (χ1v) is 8.36. The molecule has 0 radical (unpaired) electrons. The van der Waals surface area contributed by atoms with E-state index in [2.05, 4.69) is 20.2 Å². The van der Waals surface area contributed by atoms with Crippen molar-refractivity contribution in [2.24, 2.45) is 5.92 Å². The second-order valence-electron chi connectivity index (χ2n) is 6.76. The Kier molecular flexibility index (Phi) is 4.71. The quantitative estimate of drug-likeness (QED) is 0.723. The fourth-order valence-corrected chi connectivity index (χ4v) is 3.33. The van der Waals surface area contributed by atoms with E-state index >= 15 is 0 Å². The Morgan fingerprint density at radius 1 is 1.36 bits per heavy atom. The Labute approximate surface area is 145 Å². The van der Waals surface area contributed by atoms with Crippen LogP contribution in [0.3, 0.4) is 0 Å². The van der Waals surface area contributed by atoms with E-state index in [4.69, 9.17) is 0 Å². The van der Waals surface area contributed by atoms with Crippen LogP contribution >= 0.6 is 0 Å². The Bertz CT molecular complexity index is 841. The third kappa shape index (κ3) is 3.79. The zero-order valence-corrected chi connectivity index (χ0v) is 14.7. The number of aryl methyl sites for hydroxylation is 3. The summed E-state index contributed by atoms with van der Waals surface area (Å²) in [6, 6.07) is 1.94. The Morgan fingerprint density at radius 2 is 2.12 bits per heavy atom. The number of hydrogen-bond donors (Lipinski definition) is 3. The lowest BCUT2D eigenvalue weighted by molar-refractivity contribution is -0.129. The Morgan fingerprint density at radius 3 is 2.76 bits per heavy atom. The number of H-pyrrole nitrogens is 2. The molecule has 0 unspecified atom stereocenters. The summed E-state index contributed by atoms with van der Waals surface area (Å²) in [5, 5.41) is 17.3. The van der Waals surface area contributed by atoms with Gasteiger partial charge in [-0.15, -0.1) is 0 Å². The number of nitrogens with one attached hydrogen (secondary N) is 2. The van der Waals surface area contributed by atoms with Gasteiger partial charge in [0.25, 0.3) is 5.56 Å². The molecule has 1 amide bonds. The van der Waals surface area contributed by atoms with Crippen molar-refractivity contribution in [1.29, 1.82) is 0 Å². The van der Waals surface area contributed by atoms with E-state index in [-0.39, 0.29) is 30.3 Å². The lowest BCUT2D eigenvalue weighted by Crippen LogP contribution is -2.33. The van der Waals surface area contributed by atoms with Crippen LogP contribution in [0, 0.1) is 26.7 Å². The lowest BCUT2D eigenvalue weighted by Gasteiger charge is -2.16. The number of aromatic nitrogens is 4. The molecule has 0 saturated carbocycles. The molecule has 8 heteroatoms. The van der Waals surface area contributed by atoms with Crippen LogP contribution in [0.2, 0.25) is 0 Å². The number of amides is 1. The van der Waals surface area contributed by atoms with Gasteiger partial charge in [0, 0.05) is 36.0 Å². The molecule has 0 aliphatic carbocycles. The van der Waals surface area contributed by atoms with Crippen LogP contribution in [0.4, 0.5) is 0 Å². The molecule has 1 fully saturated rings. The number of nitrogens with zero attached hydrogens (tertiary/aromatic N) is 3. The number of rotatable bonds is 4. The fraction of sp³-hybridized carbons (Fsp3) is 0.529. The van der Waals surface area contributed by atoms with Crippen LogP contribution in [-0.2, 0) is 17.6 Å². The molecule has 25 heavy (non-hydrogen) atoms. The summed E-state index contributed by atoms with van der Waals surface area (Å²) in [5.74, 6) is 0.311. The number of likely N-dealkylation sites (tertiary alicyclic amines) is 1. The highest BCUT2D eigenvalue weighted by atomic mass is 16.3. The monoisotopic (exact) mass is 345 g/mol. The molecular formula is C17H23N5O3. The lowest BCUT2D eigenvalue weighted by atomic mass is 10.0. The molecule has 2 aromatic heterocycles. The molecule has 2 aromatic rings. The number of aromatic amines is 2. The molecule has 1 saturated heterocycles. The number of aliphatic hydroxyl groups excluding tert-OH is 1. The summed E-state index contributed by atoms with van der Waals surface area (Å²) < 4.78 is 0. The van der Waals surface area contributed by atoms with Crippen molar-refractivity contribution in [2.45, 2.75) is 39.7 Å². The van der Waals surface area contributed by atoms with Crippen LogP contribution in [0.1, 0.15) is 28.5 Å². The summed E-state index contributed by atoms with van der Waals surface area (Å²) >= 11 is 0. The van der Waals surface area contributed by atoms with E-state index in [9.17, 15) is 14.7 Å². The van der Waals surface area contributed by atoms with E-state index in [1.165, 1.54) is 0 Å².